The van der Waals surface area contributed by atoms with Crippen LogP contribution in [0.25, 0.3) is 117 Å². The quantitative estimate of drug-likeness (QED) is 0.128. The molecule has 0 spiro atoms. The molecule has 6 aromatic heterocycles. The van der Waals surface area contributed by atoms with Crippen LogP contribution in [0.5, 0.6) is 0 Å². The molecule has 0 bridgehead atoms. The Balaban J connectivity index is 1.13. The van der Waals surface area contributed by atoms with Crippen molar-refractivity contribution in [3.8, 4) is 117 Å². The summed E-state index contributed by atoms with van der Waals surface area (Å²) in [4.78, 5) is 39.1. The zero-order valence-electron chi connectivity index (χ0n) is 36.5. The highest BCUT2D eigenvalue weighted by Gasteiger charge is 2.32. The Hall–Kier alpha value is -6.90. The molecule has 0 saturated carbocycles. The Kier molecular flexibility index (Phi) is 11.4. The van der Waals surface area contributed by atoms with Crippen molar-refractivity contribution in [3.05, 3.63) is 192 Å². The smallest absolute Gasteiger partial charge is 0.124 e. The van der Waals surface area contributed by atoms with Crippen molar-refractivity contribution in [2.24, 2.45) is 0 Å². The van der Waals surface area contributed by atoms with E-state index in [9.17, 15) is 0 Å². The number of hydrogen-bond acceptors (Lipinski definition) is 12. The second-order valence-electron chi connectivity index (χ2n) is 15.8. The van der Waals surface area contributed by atoms with Crippen LogP contribution in [0.1, 0.15) is 9.75 Å². The molecule has 6 aromatic carbocycles. The lowest BCUT2D eigenvalue weighted by molar-refractivity contribution is 1.30. The molecule has 0 aliphatic heterocycles. The van der Waals surface area contributed by atoms with Crippen molar-refractivity contribution >= 4 is 68.0 Å². The van der Waals surface area contributed by atoms with E-state index in [0.29, 0.717) is 0 Å². The highest BCUT2D eigenvalue weighted by molar-refractivity contribution is 7.24. The Morgan fingerprint density at radius 3 is 0.735 bits per heavy atom. The number of rotatable bonds is 11. The van der Waals surface area contributed by atoms with Crippen molar-refractivity contribution in [2.45, 2.75) is 13.8 Å². The minimum Gasteiger partial charge on any atom is -0.235 e. The molecule has 6 nitrogen and oxygen atoms in total. The standard InChI is InChI=1S/C56H36N6S6/c1-33-41(57-51(63-33)35-21-9-3-10-22-35)43-48(66-53(59-43)37-25-13-5-14-26-37)45-50(68-55(61-45)39-29-17-7-18-30-39)46-49(67-56(62-46)40-31-19-8-20-32-40)44-47(65-54(60-44)38-27-15-6-16-28-38)42-34(2)64-52(58-42)36-23-11-4-12-24-36/h3-32H,1-2H3. The second kappa shape index (κ2) is 18.3. The van der Waals surface area contributed by atoms with E-state index in [1.165, 1.54) is 0 Å². The molecule has 0 saturated heterocycles. The summed E-state index contributed by atoms with van der Waals surface area (Å²) in [5.74, 6) is 0. The van der Waals surface area contributed by atoms with Gasteiger partial charge in [-0.1, -0.05) is 182 Å². The Bertz CT molecular complexity index is 3440. The Morgan fingerprint density at radius 1 is 0.221 bits per heavy atom. The molecule has 68 heavy (non-hydrogen) atoms. The molecule has 12 aromatic rings. The van der Waals surface area contributed by atoms with Gasteiger partial charge in [-0.25, -0.2) is 29.9 Å². The van der Waals surface area contributed by atoms with Gasteiger partial charge in [0, 0.05) is 43.1 Å². The highest BCUT2D eigenvalue weighted by Crippen LogP contribution is 2.54. The lowest BCUT2D eigenvalue weighted by atomic mass is 10.1. The van der Waals surface area contributed by atoms with Crippen molar-refractivity contribution in [1.29, 1.82) is 0 Å². The van der Waals surface area contributed by atoms with Gasteiger partial charge in [0.25, 0.3) is 0 Å². The van der Waals surface area contributed by atoms with Gasteiger partial charge in [0.1, 0.15) is 58.5 Å². The van der Waals surface area contributed by atoms with E-state index in [-0.39, 0.29) is 0 Å². The zero-order valence-corrected chi connectivity index (χ0v) is 41.4. The average molecular weight is 985 g/mol. The van der Waals surface area contributed by atoms with E-state index in [4.69, 9.17) is 29.9 Å². The molecule has 0 amide bonds. The fourth-order valence-corrected chi connectivity index (χ4v) is 14.4. The van der Waals surface area contributed by atoms with Gasteiger partial charge in [0.2, 0.25) is 0 Å². The number of aromatic nitrogens is 6. The minimum absolute atomic E-state index is 0.809. The first-order chi connectivity index (χ1) is 33.5. The van der Waals surface area contributed by atoms with E-state index in [2.05, 4.69) is 159 Å². The van der Waals surface area contributed by atoms with Gasteiger partial charge < -0.3 is 0 Å². The van der Waals surface area contributed by atoms with E-state index >= 15 is 0 Å². The third-order valence-electron chi connectivity index (χ3n) is 11.3. The summed E-state index contributed by atoms with van der Waals surface area (Å²) < 4.78 is 0. The van der Waals surface area contributed by atoms with Crippen LogP contribution in [0.4, 0.5) is 0 Å². The Morgan fingerprint density at radius 2 is 0.426 bits per heavy atom. The van der Waals surface area contributed by atoms with E-state index in [1.807, 2.05) is 36.4 Å². The third-order valence-corrected chi connectivity index (χ3v) is 17.8. The van der Waals surface area contributed by atoms with Gasteiger partial charge in [-0.15, -0.1) is 68.0 Å². The normalized spacial score (nSPS) is 11.4. The van der Waals surface area contributed by atoms with Crippen LogP contribution in [0.3, 0.4) is 0 Å². The van der Waals surface area contributed by atoms with Gasteiger partial charge in [0.05, 0.1) is 25.2 Å². The highest BCUT2D eigenvalue weighted by atomic mass is 32.1. The summed E-state index contributed by atoms with van der Waals surface area (Å²) in [5, 5.41) is 5.54. The molecule has 0 aliphatic carbocycles. The first-order valence-corrected chi connectivity index (χ1v) is 26.7. The molecular weight excluding hydrogens is 949 g/mol. The van der Waals surface area contributed by atoms with Gasteiger partial charge in [-0.3, -0.25) is 0 Å². The summed E-state index contributed by atoms with van der Waals surface area (Å²) in [6.07, 6.45) is 0. The maximum atomic E-state index is 5.65. The predicted octanol–water partition coefficient (Wildman–Crippen LogP) is 17.4. The Labute approximate surface area is 417 Å². The predicted molar refractivity (Wildman–Crippen MR) is 290 cm³/mol. The second-order valence-corrected chi connectivity index (χ2v) is 22.2. The van der Waals surface area contributed by atoms with Crippen molar-refractivity contribution in [3.63, 3.8) is 0 Å². The number of thiazole rings is 6. The van der Waals surface area contributed by atoms with Crippen LogP contribution in [0.2, 0.25) is 0 Å². The lowest BCUT2D eigenvalue weighted by Crippen LogP contribution is -1.89. The van der Waals surface area contributed by atoms with E-state index < -0.39 is 0 Å². The summed E-state index contributed by atoms with van der Waals surface area (Å²) in [7, 11) is 0. The summed E-state index contributed by atoms with van der Waals surface area (Å²) >= 11 is 10.1. The van der Waals surface area contributed by atoms with Crippen molar-refractivity contribution in [1.82, 2.24) is 29.9 Å². The van der Waals surface area contributed by atoms with Gasteiger partial charge in [0.15, 0.2) is 0 Å². The van der Waals surface area contributed by atoms with Crippen LogP contribution >= 0.6 is 68.0 Å². The van der Waals surface area contributed by atoms with Gasteiger partial charge in [-0.05, 0) is 13.8 Å². The molecule has 12 heteroatoms. The van der Waals surface area contributed by atoms with Crippen molar-refractivity contribution in [2.75, 3.05) is 0 Å². The maximum Gasteiger partial charge on any atom is 0.124 e. The molecule has 326 valence electrons. The molecular formula is C56H36N6S6. The first-order valence-electron chi connectivity index (χ1n) is 21.8. The molecule has 12 rings (SSSR count). The molecule has 0 aliphatic rings. The molecule has 0 radical (unpaired) electrons. The summed E-state index contributed by atoms with van der Waals surface area (Å²) in [6, 6.07) is 62.6. The zero-order chi connectivity index (χ0) is 45.6. The molecule has 0 N–H and O–H groups in total. The molecule has 0 unspecified atom stereocenters. The molecule has 6 heterocycles. The number of aryl methyl sites for hydroxylation is 2. The minimum atomic E-state index is 0.809. The SMILES string of the molecule is Cc1sc(-c2ccccc2)nc1-c1nc(-c2ccccc2)sc1-c1nc(-c2ccccc2)sc1-c1nc(-c2ccccc2)sc1-c1nc(-c2ccccc2)sc1-c1nc(-c2ccccc2)sc1C. The summed E-state index contributed by atoms with van der Waals surface area (Å²) in [6.45, 7) is 4.31. The van der Waals surface area contributed by atoms with Crippen LogP contribution in [0, 0.1) is 13.8 Å². The third kappa shape index (κ3) is 8.08. The molecule has 0 fully saturated rings. The lowest BCUT2D eigenvalue weighted by Gasteiger charge is -2.04. The van der Waals surface area contributed by atoms with Crippen LogP contribution in [-0.2, 0) is 0 Å². The van der Waals surface area contributed by atoms with Gasteiger partial charge in [-0.2, -0.15) is 0 Å². The fourth-order valence-electron chi connectivity index (χ4n) is 7.99. The number of hydrogen-bond donors (Lipinski definition) is 0. The van der Waals surface area contributed by atoms with Crippen LogP contribution in [-0.4, -0.2) is 29.9 Å². The topological polar surface area (TPSA) is 77.3 Å². The molecule has 0 atom stereocenters. The largest absolute Gasteiger partial charge is 0.235 e. The van der Waals surface area contributed by atoms with Crippen LogP contribution in [0.15, 0.2) is 182 Å². The fraction of sp³-hybridized carbons (Fsp3) is 0.0357. The van der Waals surface area contributed by atoms with E-state index in [0.717, 1.165) is 127 Å². The monoisotopic (exact) mass is 984 g/mol. The first kappa shape index (κ1) is 42.5. The van der Waals surface area contributed by atoms with Crippen molar-refractivity contribution < 1.29 is 0 Å². The average Bonchev–Trinajstić information content (AvgIpc) is 4.28. The van der Waals surface area contributed by atoms with Crippen LogP contribution < -0.4 is 0 Å². The maximum absolute atomic E-state index is 5.65. The summed E-state index contributed by atoms with van der Waals surface area (Å²) in [5.41, 5.74) is 11.4. The van der Waals surface area contributed by atoms with Gasteiger partial charge >= 0.3 is 0 Å². The number of benzene rings is 6. The van der Waals surface area contributed by atoms with E-state index in [1.54, 1.807) is 68.0 Å². The number of nitrogens with zero attached hydrogens (tertiary/aromatic N) is 6.